The largest absolute Gasteiger partial charge is 0.323 e. The summed E-state index contributed by atoms with van der Waals surface area (Å²) in [5.41, 5.74) is 0.649. The normalized spacial score (nSPS) is 10.4. The predicted octanol–water partition coefficient (Wildman–Crippen LogP) is 5.05. The van der Waals surface area contributed by atoms with Crippen LogP contribution < -0.4 is 10.6 Å². The van der Waals surface area contributed by atoms with Crippen molar-refractivity contribution in [3.8, 4) is 0 Å². The summed E-state index contributed by atoms with van der Waals surface area (Å²) < 4.78 is 0. The number of hydrogen-bond acceptors (Lipinski definition) is 3. The molecule has 0 unspecified atom stereocenters. The van der Waals surface area contributed by atoms with Crippen LogP contribution in [0.5, 0.6) is 0 Å². The number of hydrogen-bond donors (Lipinski definition) is 2. The van der Waals surface area contributed by atoms with Crippen molar-refractivity contribution < 1.29 is 9.72 Å². The van der Waals surface area contributed by atoms with Gasteiger partial charge in [0.05, 0.1) is 21.3 Å². The van der Waals surface area contributed by atoms with Gasteiger partial charge in [-0.05, 0) is 17.5 Å². The maximum Gasteiger partial charge on any atom is 0.323 e. The molecule has 0 radical (unpaired) electrons. The van der Waals surface area contributed by atoms with Gasteiger partial charge in [-0.1, -0.05) is 48.0 Å². The Hall–Kier alpha value is -3.12. The van der Waals surface area contributed by atoms with Crippen LogP contribution in [-0.4, -0.2) is 11.0 Å². The van der Waals surface area contributed by atoms with Crippen molar-refractivity contribution in [2.24, 2.45) is 0 Å². The Morgan fingerprint density at radius 2 is 1.67 bits per heavy atom. The van der Waals surface area contributed by atoms with Crippen molar-refractivity contribution >= 4 is 45.5 Å². The smallest absolute Gasteiger partial charge is 0.307 e. The quantitative estimate of drug-likeness (QED) is 0.516. The monoisotopic (exact) mass is 341 g/mol. The maximum absolute atomic E-state index is 12.2. The van der Waals surface area contributed by atoms with Crippen LogP contribution in [-0.2, 0) is 0 Å². The Morgan fingerprint density at radius 3 is 2.46 bits per heavy atom. The molecule has 3 aromatic rings. The van der Waals surface area contributed by atoms with Gasteiger partial charge in [0.1, 0.15) is 0 Å². The average molecular weight is 342 g/mol. The molecule has 0 bridgehead atoms. The lowest BCUT2D eigenvalue weighted by Crippen LogP contribution is -2.19. The van der Waals surface area contributed by atoms with Gasteiger partial charge >= 0.3 is 6.03 Å². The minimum absolute atomic E-state index is 0.153. The van der Waals surface area contributed by atoms with Crippen molar-refractivity contribution in [1.29, 1.82) is 0 Å². The van der Waals surface area contributed by atoms with Crippen LogP contribution >= 0.6 is 11.6 Å². The molecule has 0 aromatic heterocycles. The number of fused-ring (bicyclic) bond motifs is 1. The summed E-state index contributed by atoms with van der Waals surface area (Å²) in [4.78, 5) is 22.5. The van der Waals surface area contributed by atoms with E-state index in [1.807, 2.05) is 36.4 Å². The molecular weight excluding hydrogens is 330 g/mol. The number of anilines is 2. The Kier molecular flexibility index (Phi) is 4.31. The molecule has 0 aliphatic carbocycles. The molecule has 7 heteroatoms. The first-order chi connectivity index (χ1) is 11.5. The van der Waals surface area contributed by atoms with E-state index in [0.717, 1.165) is 10.8 Å². The molecule has 0 saturated carbocycles. The SMILES string of the molecule is O=C(Nc1cc([N+](=O)[O-])ccc1Cl)Nc1cccc2ccccc12. The Balaban J connectivity index is 1.83. The summed E-state index contributed by atoms with van der Waals surface area (Å²) in [5.74, 6) is 0. The molecular formula is C17H12ClN3O3. The number of non-ortho nitro benzene ring substituents is 1. The third-order valence-electron chi connectivity index (χ3n) is 3.45. The van der Waals surface area contributed by atoms with E-state index in [9.17, 15) is 14.9 Å². The third kappa shape index (κ3) is 3.28. The number of nitrogens with zero attached hydrogens (tertiary/aromatic N) is 1. The molecule has 0 saturated heterocycles. The lowest BCUT2D eigenvalue weighted by molar-refractivity contribution is -0.384. The van der Waals surface area contributed by atoms with Crippen LogP contribution in [0.1, 0.15) is 0 Å². The molecule has 3 aromatic carbocycles. The number of carbonyl (C=O) groups is 1. The zero-order valence-electron chi connectivity index (χ0n) is 12.3. The van der Waals surface area contributed by atoms with E-state index in [4.69, 9.17) is 11.6 Å². The fraction of sp³-hybridized carbons (Fsp3) is 0. The Labute approximate surface area is 142 Å². The molecule has 120 valence electrons. The van der Waals surface area contributed by atoms with Gasteiger partial charge in [0.25, 0.3) is 5.69 Å². The van der Waals surface area contributed by atoms with Gasteiger partial charge in [0.2, 0.25) is 0 Å². The van der Waals surface area contributed by atoms with Gasteiger partial charge in [-0.15, -0.1) is 0 Å². The summed E-state index contributed by atoms with van der Waals surface area (Å²) in [5, 5.41) is 18.2. The first-order valence-corrected chi connectivity index (χ1v) is 7.42. The minimum atomic E-state index is -0.551. The highest BCUT2D eigenvalue weighted by Gasteiger charge is 2.12. The number of nitro groups is 1. The van der Waals surface area contributed by atoms with Gasteiger partial charge in [-0.2, -0.15) is 0 Å². The highest BCUT2D eigenvalue weighted by Crippen LogP contribution is 2.27. The lowest BCUT2D eigenvalue weighted by Gasteiger charge is -2.11. The number of benzene rings is 3. The van der Waals surface area contributed by atoms with E-state index >= 15 is 0 Å². The number of rotatable bonds is 3. The molecule has 2 amide bonds. The van der Waals surface area contributed by atoms with Gasteiger partial charge < -0.3 is 10.6 Å². The number of carbonyl (C=O) groups excluding carboxylic acids is 1. The first-order valence-electron chi connectivity index (χ1n) is 7.04. The second kappa shape index (κ2) is 6.55. The average Bonchev–Trinajstić information content (AvgIpc) is 2.57. The van der Waals surface area contributed by atoms with Gasteiger partial charge in [-0.3, -0.25) is 10.1 Å². The summed E-state index contributed by atoms with van der Waals surface area (Å²) >= 11 is 5.98. The lowest BCUT2D eigenvalue weighted by atomic mass is 10.1. The van der Waals surface area contributed by atoms with Crippen molar-refractivity contribution in [2.45, 2.75) is 0 Å². The highest BCUT2D eigenvalue weighted by atomic mass is 35.5. The molecule has 0 atom stereocenters. The second-order valence-electron chi connectivity index (χ2n) is 5.03. The standard InChI is InChI=1S/C17H12ClN3O3/c18-14-9-8-12(21(23)24)10-16(14)20-17(22)19-15-7-3-5-11-4-1-2-6-13(11)15/h1-10H,(H2,19,20,22). The molecule has 0 spiro atoms. The van der Waals surface area contributed by atoms with Crippen LogP contribution in [0.25, 0.3) is 10.8 Å². The van der Waals surface area contributed by atoms with Crippen molar-refractivity contribution in [3.05, 3.63) is 75.8 Å². The molecule has 6 nitrogen and oxygen atoms in total. The second-order valence-corrected chi connectivity index (χ2v) is 5.43. The first kappa shape index (κ1) is 15.8. The highest BCUT2D eigenvalue weighted by molar-refractivity contribution is 6.34. The minimum Gasteiger partial charge on any atom is -0.307 e. The van der Waals surface area contributed by atoms with Crippen LogP contribution in [0.2, 0.25) is 5.02 Å². The maximum atomic E-state index is 12.2. The van der Waals surface area contributed by atoms with E-state index in [2.05, 4.69) is 10.6 Å². The predicted molar refractivity (Wildman–Crippen MR) is 94.7 cm³/mol. The third-order valence-corrected chi connectivity index (χ3v) is 3.78. The van der Waals surface area contributed by atoms with Gasteiger partial charge in [0, 0.05) is 17.5 Å². The van der Waals surface area contributed by atoms with Crippen molar-refractivity contribution in [1.82, 2.24) is 0 Å². The van der Waals surface area contributed by atoms with E-state index in [1.54, 1.807) is 6.07 Å². The number of urea groups is 1. The molecule has 24 heavy (non-hydrogen) atoms. The fourth-order valence-electron chi connectivity index (χ4n) is 2.33. The van der Waals surface area contributed by atoms with E-state index in [0.29, 0.717) is 5.69 Å². The van der Waals surface area contributed by atoms with Crippen LogP contribution in [0.15, 0.2) is 60.7 Å². The number of nitrogens with one attached hydrogen (secondary N) is 2. The fourth-order valence-corrected chi connectivity index (χ4v) is 2.50. The zero-order chi connectivity index (χ0) is 17.1. The van der Waals surface area contributed by atoms with E-state index in [-0.39, 0.29) is 16.4 Å². The van der Waals surface area contributed by atoms with Crippen LogP contribution in [0.3, 0.4) is 0 Å². The molecule has 2 N–H and O–H groups in total. The molecule has 0 fully saturated rings. The van der Waals surface area contributed by atoms with Gasteiger partial charge in [-0.25, -0.2) is 4.79 Å². The van der Waals surface area contributed by atoms with Crippen molar-refractivity contribution in [3.63, 3.8) is 0 Å². The summed E-state index contributed by atoms with van der Waals surface area (Å²) in [6.07, 6.45) is 0. The van der Waals surface area contributed by atoms with Crippen molar-refractivity contribution in [2.75, 3.05) is 10.6 Å². The molecule has 0 aliphatic heterocycles. The Bertz CT molecular complexity index is 938. The van der Waals surface area contributed by atoms with E-state index < -0.39 is 11.0 Å². The van der Waals surface area contributed by atoms with Gasteiger partial charge in [0.15, 0.2) is 0 Å². The summed E-state index contributed by atoms with van der Waals surface area (Å²) in [6.45, 7) is 0. The summed E-state index contributed by atoms with van der Waals surface area (Å²) in [6, 6.07) is 16.5. The van der Waals surface area contributed by atoms with Crippen LogP contribution in [0.4, 0.5) is 21.9 Å². The Morgan fingerprint density at radius 1 is 0.958 bits per heavy atom. The zero-order valence-corrected chi connectivity index (χ0v) is 13.1. The summed E-state index contributed by atoms with van der Waals surface area (Å²) in [7, 11) is 0. The molecule has 3 rings (SSSR count). The van der Waals surface area contributed by atoms with E-state index in [1.165, 1.54) is 18.2 Å². The molecule has 0 heterocycles. The molecule has 0 aliphatic rings. The number of amides is 2. The van der Waals surface area contributed by atoms with Crippen LogP contribution in [0, 0.1) is 10.1 Å². The topological polar surface area (TPSA) is 84.3 Å². The number of nitro benzene ring substituents is 1. The number of halogens is 1.